The van der Waals surface area contributed by atoms with E-state index in [1.807, 2.05) is 67.6 Å². The van der Waals surface area contributed by atoms with Gasteiger partial charge in [0.25, 0.3) is 0 Å². The molecule has 0 saturated carbocycles. The van der Waals surface area contributed by atoms with Crippen molar-refractivity contribution in [3.8, 4) is 11.5 Å². The number of aryl methyl sites for hydroxylation is 1. The average molecular weight is 511 g/mol. The molecule has 0 aliphatic carbocycles. The molecule has 1 atom stereocenters. The molecule has 1 aliphatic heterocycles. The van der Waals surface area contributed by atoms with Crippen LogP contribution >= 0.6 is 0 Å². The van der Waals surface area contributed by atoms with Gasteiger partial charge in [0.2, 0.25) is 5.95 Å². The van der Waals surface area contributed by atoms with Gasteiger partial charge in [-0.05, 0) is 49.6 Å². The van der Waals surface area contributed by atoms with Crippen LogP contribution in [0.5, 0.6) is 11.5 Å². The Morgan fingerprint density at radius 3 is 2.47 bits per heavy atom. The Hall–Kier alpha value is -4.59. The molecule has 0 radical (unpaired) electrons. The number of anilines is 1. The van der Waals surface area contributed by atoms with E-state index in [4.69, 9.17) is 14.2 Å². The van der Waals surface area contributed by atoms with Gasteiger partial charge >= 0.3 is 5.97 Å². The summed E-state index contributed by atoms with van der Waals surface area (Å²) in [6.07, 6.45) is 1.47. The first-order valence-corrected chi connectivity index (χ1v) is 12.7. The highest BCUT2D eigenvalue weighted by Gasteiger charge is 2.36. The Labute approximate surface area is 221 Å². The van der Waals surface area contributed by atoms with Crippen LogP contribution < -0.4 is 14.8 Å². The van der Waals surface area contributed by atoms with E-state index in [9.17, 15) is 4.79 Å². The van der Waals surface area contributed by atoms with Crippen molar-refractivity contribution in [3.05, 3.63) is 107 Å². The lowest BCUT2D eigenvalue weighted by atomic mass is 9.92. The van der Waals surface area contributed by atoms with Crippen LogP contribution in [-0.4, -0.2) is 33.9 Å². The Bertz CT molecular complexity index is 1440. The molecule has 1 N–H and O–H groups in total. The van der Waals surface area contributed by atoms with Gasteiger partial charge in [0.15, 0.2) is 11.5 Å². The molecule has 4 aromatic rings. The maximum absolute atomic E-state index is 13.4. The van der Waals surface area contributed by atoms with Crippen LogP contribution in [0.15, 0.2) is 84.7 Å². The number of carbonyl (C=O) groups is 1. The fourth-order valence-electron chi connectivity index (χ4n) is 4.46. The van der Waals surface area contributed by atoms with Crippen molar-refractivity contribution in [2.24, 2.45) is 0 Å². The van der Waals surface area contributed by atoms with Gasteiger partial charge in [-0.1, -0.05) is 66.2 Å². The van der Waals surface area contributed by atoms with E-state index in [2.05, 4.69) is 34.5 Å². The molecule has 8 nitrogen and oxygen atoms in total. The molecule has 0 fully saturated rings. The lowest BCUT2D eigenvalue weighted by Crippen LogP contribution is -2.30. The van der Waals surface area contributed by atoms with Crippen LogP contribution in [0.3, 0.4) is 0 Å². The van der Waals surface area contributed by atoms with Crippen molar-refractivity contribution in [1.82, 2.24) is 14.8 Å². The third-order valence-corrected chi connectivity index (χ3v) is 6.25. The summed E-state index contributed by atoms with van der Waals surface area (Å²) in [6, 6.07) is 23.0. The minimum absolute atomic E-state index is 0.247. The molecule has 3 aromatic carbocycles. The first kappa shape index (κ1) is 25.1. The number of hydrogen-bond acceptors (Lipinski definition) is 7. The third-order valence-electron chi connectivity index (χ3n) is 6.25. The van der Waals surface area contributed by atoms with Crippen LogP contribution in [0.4, 0.5) is 5.95 Å². The van der Waals surface area contributed by atoms with E-state index >= 15 is 0 Å². The Morgan fingerprint density at radius 1 is 0.947 bits per heavy atom. The Balaban J connectivity index is 1.58. The summed E-state index contributed by atoms with van der Waals surface area (Å²) >= 11 is 0. The molecule has 0 amide bonds. The largest absolute Gasteiger partial charge is 0.490 e. The van der Waals surface area contributed by atoms with Crippen molar-refractivity contribution in [3.63, 3.8) is 0 Å². The number of esters is 1. The van der Waals surface area contributed by atoms with Crippen LogP contribution in [0.2, 0.25) is 0 Å². The van der Waals surface area contributed by atoms with E-state index in [-0.39, 0.29) is 6.61 Å². The summed E-state index contributed by atoms with van der Waals surface area (Å²) in [5.41, 5.74) is 4.97. The van der Waals surface area contributed by atoms with Crippen LogP contribution in [0, 0.1) is 6.92 Å². The first-order valence-electron chi connectivity index (χ1n) is 12.7. The number of rotatable bonds is 9. The van der Waals surface area contributed by atoms with Crippen molar-refractivity contribution >= 4 is 17.6 Å². The van der Waals surface area contributed by atoms with Gasteiger partial charge in [0.05, 0.1) is 24.5 Å². The fraction of sp³-hybridized carbons (Fsp3) is 0.233. The van der Waals surface area contributed by atoms with Crippen LogP contribution in [-0.2, 0) is 16.1 Å². The molecule has 0 spiro atoms. The van der Waals surface area contributed by atoms with Gasteiger partial charge in [0, 0.05) is 0 Å². The van der Waals surface area contributed by atoms with E-state index < -0.39 is 12.0 Å². The SMILES string of the molecule is CCOC(=O)C1=C(c2ccccc2)Nc2ncnn2C1c1ccc(OCc2ccc(C)cc2)c(OCC)c1. The highest BCUT2D eigenvalue weighted by molar-refractivity contribution is 6.02. The van der Waals surface area contributed by atoms with Crippen molar-refractivity contribution in [2.45, 2.75) is 33.4 Å². The number of ether oxygens (including phenoxy) is 3. The molecule has 1 unspecified atom stereocenters. The predicted molar refractivity (Wildman–Crippen MR) is 145 cm³/mol. The number of benzene rings is 3. The lowest BCUT2D eigenvalue weighted by molar-refractivity contribution is -0.138. The molecule has 38 heavy (non-hydrogen) atoms. The number of nitrogens with zero attached hydrogens (tertiary/aromatic N) is 3. The average Bonchev–Trinajstić information content (AvgIpc) is 3.41. The quantitative estimate of drug-likeness (QED) is 0.295. The molecule has 5 rings (SSSR count). The molecule has 8 heteroatoms. The third kappa shape index (κ3) is 5.11. The molecular weight excluding hydrogens is 480 g/mol. The molecule has 0 saturated heterocycles. The van der Waals surface area contributed by atoms with Gasteiger partial charge in [-0.3, -0.25) is 0 Å². The second-order valence-corrected chi connectivity index (χ2v) is 8.84. The van der Waals surface area contributed by atoms with E-state index in [0.717, 1.165) is 16.7 Å². The van der Waals surface area contributed by atoms with E-state index in [1.165, 1.54) is 11.9 Å². The Morgan fingerprint density at radius 2 is 1.74 bits per heavy atom. The van der Waals surface area contributed by atoms with Crippen LogP contribution in [0.25, 0.3) is 5.70 Å². The van der Waals surface area contributed by atoms with E-state index in [1.54, 1.807) is 11.6 Å². The highest BCUT2D eigenvalue weighted by Crippen LogP contribution is 2.41. The molecule has 1 aliphatic rings. The summed E-state index contributed by atoms with van der Waals surface area (Å²) in [4.78, 5) is 17.8. The summed E-state index contributed by atoms with van der Waals surface area (Å²) in [5, 5.41) is 7.73. The normalized spacial score (nSPS) is 14.4. The molecule has 194 valence electrons. The summed E-state index contributed by atoms with van der Waals surface area (Å²) in [6.45, 7) is 6.89. The predicted octanol–water partition coefficient (Wildman–Crippen LogP) is 5.55. The highest BCUT2D eigenvalue weighted by atomic mass is 16.5. The number of carbonyl (C=O) groups excluding carboxylic acids is 1. The van der Waals surface area contributed by atoms with Crippen molar-refractivity contribution < 1.29 is 19.0 Å². The second-order valence-electron chi connectivity index (χ2n) is 8.84. The Kier molecular flexibility index (Phi) is 7.40. The molecular formula is C30H30N4O4. The smallest absolute Gasteiger partial charge is 0.338 e. The zero-order valence-electron chi connectivity index (χ0n) is 21.7. The first-order chi connectivity index (χ1) is 18.6. The van der Waals surface area contributed by atoms with Crippen molar-refractivity contribution in [1.29, 1.82) is 0 Å². The number of aromatic nitrogens is 3. The standard InChI is InChI=1S/C30H30N4O4/c1-4-36-25-17-23(15-16-24(25)38-18-21-13-11-20(3)12-14-21)28-26(29(35)37-5-2)27(22-9-7-6-8-10-22)33-30-31-19-32-34(28)30/h6-17,19,28H,4-5,18H2,1-3H3,(H,31,32,33). The van der Waals surface area contributed by atoms with Gasteiger partial charge in [-0.25, -0.2) is 9.48 Å². The summed E-state index contributed by atoms with van der Waals surface area (Å²) < 4.78 is 19.3. The summed E-state index contributed by atoms with van der Waals surface area (Å²) in [5.74, 6) is 1.30. The topological polar surface area (TPSA) is 87.5 Å². The maximum atomic E-state index is 13.4. The zero-order valence-corrected chi connectivity index (χ0v) is 21.7. The minimum Gasteiger partial charge on any atom is -0.490 e. The van der Waals surface area contributed by atoms with Gasteiger partial charge in [-0.2, -0.15) is 10.1 Å². The van der Waals surface area contributed by atoms with Crippen LogP contribution in [0.1, 0.15) is 42.1 Å². The molecule has 1 aromatic heterocycles. The second kappa shape index (κ2) is 11.2. The van der Waals surface area contributed by atoms with E-state index in [0.29, 0.717) is 41.9 Å². The fourth-order valence-corrected chi connectivity index (χ4v) is 4.46. The molecule has 2 heterocycles. The number of fused-ring (bicyclic) bond motifs is 1. The minimum atomic E-state index is -0.589. The molecule has 0 bridgehead atoms. The summed E-state index contributed by atoms with van der Waals surface area (Å²) in [7, 11) is 0. The zero-order chi connectivity index (χ0) is 26.5. The van der Waals surface area contributed by atoms with Gasteiger partial charge < -0.3 is 19.5 Å². The van der Waals surface area contributed by atoms with Gasteiger partial charge in [0.1, 0.15) is 19.0 Å². The van der Waals surface area contributed by atoms with Crippen molar-refractivity contribution in [2.75, 3.05) is 18.5 Å². The monoisotopic (exact) mass is 510 g/mol. The maximum Gasteiger partial charge on any atom is 0.338 e. The number of hydrogen-bond donors (Lipinski definition) is 1. The number of nitrogens with one attached hydrogen (secondary N) is 1. The van der Waals surface area contributed by atoms with Gasteiger partial charge in [-0.15, -0.1) is 0 Å². The lowest BCUT2D eigenvalue weighted by Gasteiger charge is -2.30.